The highest BCUT2D eigenvalue weighted by atomic mass is 28.4. The highest BCUT2D eigenvalue weighted by Gasteiger charge is 2.66. The average molecular weight is 640 g/mol. The number of rotatable bonds is 12. The lowest BCUT2D eigenvalue weighted by Gasteiger charge is -2.31. The number of aliphatic hydroxyl groups is 1. The molecule has 1 N–H and O–H groups in total. The van der Waals surface area contributed by atoms with Gasteiger partial charge in [0, 0.05) is 55.0 Å². The molecular formula is C33H46FN5O5Si. The smallest absolute Gasteiger partial charge is 0.414 e. The van der Waals surface area contributed by atoms with Crippen molar-refractivity contribution < 1.29 is 28.3 Å². The summed E-state index contributed by atoms with van der Waals surface area (Å²) in [6.45, 7) is 13.0. The van der Waals surface area contributed by atoms with E-state index in [9.17, 15) is 14.7 Å². The SMILES string of the molecule is CC(C)=CCC/C(C)=C/CN1C(=O)[C@]2(O[C@H](CCn3cc(CCO)nn3)[C@@H]([Si](C)(C)F)[C@@H]2C)c2cc(N3CCOC3=O)ccc21. The van der Waals surface area contributed by atoms with E-state index >= 15 is 4.11 Å². The molecule has 3 aliphatic rings. The van der Waals surface area contributed by atoms with Gasteiger partial charge in [-0.1, -0.05) is 35.4 Å². The molecule has 0 unspecified atom stereocenters. The zero-order valence-electron chi connectivity index (χ0n) is 27.3. The van der Waals surface area contributed by atoms with Gasteiger partial charge >= 0.3 is 6.09 Å². The Hall–Kier alpha value is -3.35. The molecule has 2 amide bonds. The van der Waals surface area contributed by atoms with Gasteiger partial charge in [-0.3, -0.25) is 14.4 Å². The minimum Gasteiger partial charge on any atom is -0.447 e. The fraction of sp³-hybridized carbons (Fsp3) is 0.576. The number of carbonyl (C=O) groups excluding carboxylic acids is 2. The Morgan fingerprint density at radius 1 is 1.22 bits per heavy atom. The largest absolute Gasteiger partial charge is 0.447 e. The summed E-state index contributed by atoms with van der Waals surface area (Å²) in [5.74, 6) is -0.647. The first-order valence-electron chi connectivity index (χ1n) is 15.9. The van der Waals surface area contributed by atoms with Crippen molar-refractivity contribution in [2.75, 3.05) is 36.1 Å². The van der Waals surface area contributed by atoms with Crippen LogP contribution in [0.1, 0.15) is 58.2 Å². The standard InChI is InChI=1S/C33H46FN5O5Si/c1-22(2)8-7-9-23(3)12-16-39-28-11-10-26(38-17-19-43-32(38)42)20-27(28)33(31(39)41)24(4)30(45(5,6)34)29(44-33)13-15-37-21-25(14-18-40)35-36-37/h8,10-12,20-21,24,29-30,40H,7,9,13-19H2,1-6H3/b23-12+/t24-,29+,30-,33+/m0/s1. The Morgan fingerprint density at radius 2 is 2.00 bits per heavy atom. The first kappa shape index (κ1) is 33.0. The van der Waals surface area contributed by atoms with E-state index in [1.807, 2.05) is 25.1 Å². The molecule has 0 aliphatic carbocycles. The lowest BCUT2D eigenvalue weighted by atomic mass is 9.82. The van der Waals surface area contributed by atoms with E-state index in [1.165, 1.54) is 11.1 Å². The monoisotopic (exact) mass is 639 g/mol. The van der Waals surface area contributed by atoms with E-state index < -0.39 is 37.7 Å². The van der Waals surface area contributed by atoms with Crippen LogP contribution in [0.3, 0.4) is 0 Å². The number of aromatic nitrogens is 3. The summed E-state index contributed by atoms with van der Waals surface area (Å²) in [4.78, 5) is 30.5. The van der Waals surface area contributed by atoms with Crippen molar-refractivity contribution >= 4 is 31.8 Å². The van der Waals surface area contributed by atoms with Gasteiger partial charge in [-0.2, -0.15) is 0 Å². The van der Waals surface area contributed by atoms with Crippen LogP contribution in [0.25, 0.3) is 0 Å². The summed E-state index contributed by atoms with van der Waals surface area (Å²) in [5.41, 5.74) is 3.30. The summed E-state index contributed by atoms with van der Waals surface area (Å²) in [7, 11) is -3.35. The number of fused-ring (bicyclic) bond motifs is 2. The van der Waals surface area contributed by atoms with E-state index in [0.717, 1.165) is 18.5 Å². The van der Waals surface area contributed by atoms with Crippen LogP contribution in [-0.4, -0.2) is 72.9 Å². The molecule has 1 aromatic heterocycles. The van der Waals surface area contributed by atoms with Gasteiger partial charge in [0.15, 0.2) is 5.60 Å². The maximum absolute atomic E-state index is 16.3. The van der Waals surface area contributed by atoms with Crippen LogP contribution in [-0.2, 0) is 32.8 Å². The molecule has 0 radical (unpaired) electrons. The van der Waals surface area contributed by atoms with Crippen LogP contribution in [0.4, 0.5) is 20.3 Å². The molecule has 45 heavy (non-hydrogen) atoms. The molecule has 0 bridgehead atoms. The number of carbonyl (C=O) groups is 2. The van der Waals surface area contributed by atoms with Crippen LogP contribution in [0.15, 0.2) is 47.7 Å². The number of anilines is 2. The quantitative estimate of drug-likeness (QED) is 0.181. The number of ether oxygens (including phenoxy) is 2. The van der Waals surface area contributed by atoms with Crippen LogP contribution >= 0.6 is 0 Å². The van der Waals surface area contributed by atoms with Crippen molar-refractivity contribution in [3.05, 3.63) is 59.0 Å². The van der Waals surface area contributed by atoms with Crippen molar-refractivity contribution in [2.45, 2.75) is 90.3 Å². The number of nitrogens with zero attached hydrogens (tertiary/aromatic N) is 5. The second-order valence-corrected chi connectivity index (χ2v) is 17.1. The highest BCUT2D eigenvalue weighted by Crippen LogP contribution is 2.60. The molecule has 10 nitrogen and oxygen atoms in total. The van der Waals surface area contributed by atoms with Crippen LogP contribution < -0.4 is 9.80 Å². The second-order valence-electron chi connectivity index (χ2n) is 13.3. The molecule has 5 rings (SSSR count). The normalized spacial score (nSPS) is 25.0. The predicted molar refractivity (Wildman–Crippen MR) is 173 cm³/mol. The summed E-state index contributed by atoms with van der Waals surface area (Å²) < 4.78 is 30.0. The summed E-state index contributed by atoms with van der Waals surface area (Å²) >= 11 is 0. The van der Waals surface area contributed by atoms with Crippen LogP contribution in [0.2, 0.25) is 18.6 Å². The van der Waals surface area contributed by atoms with Crippen LogP contribution in [0.5, 0.6) is 0 Å². The van der Waals surface area contributed by atoms with Crippen molar-refractivity contribution in [1.29, 1.82) is 0 Å². The predicted octanol–water partition coefficient (Wildman–Crippen LogP) is 5.67. The number of aliphatic hydroxyl groups excluding tert-OH is 1. The zero-order valence-corrected chi connectivity index (χ0v) is 28.3. The molecule has 4 heterocycles. The van der Waals surface area contributed by atoms with Gasteiger partial charge in [-0.15, -0.1) is 5.10 Å². The van der Waals surface area contributed by atoms with Crippen molar-refractivity contribution in [2.24, 2.45) is 5.92 Å². The topological polar surface area (TPSA) is 110 Å². The second kappa shape index (κ2) is 13.2. The molecule has 4 atom stereocenters. The third-order valence-corrected chi connectivity index (χ3v) is 11.8. The summed E-state index contributed by atoms with van der Waals surface area (Å²) in [6.07, 6.45) is 7.79. The highest BCUT2D eigenvalue weighted by molar-refractivity contribution is 6.72. The van der Waals surface area contributed by atoms with Gasteiger partial charge in [0.05, 0.1) is 24.0 Å². The van der Waals surface area contributed by atoms with E-state index in [-0.39, 0.29) is 12.5 Å². The molecule has 0 saturated carbocycles. The Bertz CT molecular complexity index is 1480. The summed E-state index contributed by atoms with van der Waals surface area (Å²) in [5, 5.41) is 17.5. The summed E-state index contributed by atoms with van der Waals surface area (Å²) in [6, 6.07) is 5.59. The third-order valence-electron chi connectivity index (χ3n) is 9.33. The number of hydrogen-bond donors (Lipinski definition) is 1. The number of aryl methyl sites for hydroxylation is 1. The molecule has 3 aliphatic heterocycles. The van der Waals surface area contributed by atoms with Gasteiger partial charge in [0.25, 0.3) is 5.91 Å². The fourth-order valence-electron chi connectivity index (χ4n) is 7.16. The van der Waals surface area contributed by atoms with Crippen LogP contribution in [0, 0.1) is 5.92 Å². The van der Waals surface area contributed by atoms with Gasteiger partial charge in [0.2, 0.25) is 8.41 Å². The van der Waals surface area contributed by atoms with Crippen molar-refractivity contribution in [1.82, 2.24) is 15.0 Å². The number of cyclic esters (lactones) is 1. The number of amides is 2. The van der Waals surface area contributed by atoms with E-state index in [4.69, 9.17) is 9.47 Å². The first-order chi connectivity index (χ1) is 21.4. The molecule has 244 valence electrons. The maximum Gasteiger partial charge on any atom is 0.414 e. The molecular weight excluding hydrogens is 593 g/mol. The van der Waals surface area contributed by atoms with Gasteiger partial charge < -0.3 is 23.6 Å². The number of halogens is 1. The minimum absolute atomic E-state index is 0.0203. The zero-order chi connectivity index (χ0) is 32.5. The van der Waals surface area contributed by atoms with Gasteiger partial charge in [0.1, 0.15) is 6.61 Å². The number of allylic oxidation sites excluding steroid dienone is 3. The minimum atomic E-state index is -3.35. The molecule has 1 spiro atoms. The van der Waals surface area contributed by atoms with Gasteiger partial charge in [-0.25, -0.2) is 4.79 Å². The van der Waals surface area contributed by atoms with Crippen molar-refractivity contribution in [3.63, 3.8) is 0 Å². The molecule has 2 aromatic rings. The molecule has 1 aromatic carbocycles. The first-order valence-corrected chi connectivity index (χ1v) is 18.9. The van der Waals surface area contributed by atoms with E-state index in [0.29, 0.717) is 56.0 Å². The third kappa shape index (κ3) is 6.50. The van der Waals surface area contributed by atoms with Crippen molar-refractivity contribution in [3.8, 4) is 0 Å². The lowest BCUT2D eigenvalue weighted by Crippen LogP contribution is -2.45. The Balaban J connectivity index is 1.51. The lowest BCUT2D eigenvalue weighted by molar-refractivity contribution is -0.145. The maximum atomic E-state index is 16.3. The molecule has 2 fully saturated rings. The molecule has 2 saturated heterocycles. The average Bonchev–Trinajstić information content (AvgIpc) is 3.73. The Kier molecular flexibility index (Phi) is 9.67. The molecule has 12 heteroatoms. The van der Waals surface area contributed by atoms with E-state index in [2.05, 4.69) is 43.2 Å². The van der Waals surface area contributed by atoms with E-state index in [1.54, 1.807) is 33.8 Å². The van der Waals surface area contributed by atoms with Gasteiger partial charge in [-0.05, 0) is 71.3 Å². The fourth-order valence-corrected chi connectivity index (χ4v) is 9.70. The Morgan fingerprint density at radius 3 is 2.67 bits per heavy atom. The Labute approximate surface area is 266 Å². The number of hydrogen-bond acceptors (Lipinski definition) is 7. The number of benzene rings is 1.